The average molecular weight is 365 g/mol. The van der Waals surface area contributed by atoms with Crippen molar-refractivity contribution in [2.24, 2.45) is 0 Å². The van der Waals surface area contributed by atoms with E-state index in [1.807, 2.05) is 12.3 Å². The predicted octanol–water partition coefficient (Wildman–Crippen LogP) is 3.97. The minimum absolute atomic E-state index is 0.256. The first-order valence-corrected chi connectivity index (χ1v) is 9.29. The number of benzene rings is 1. The zero-order chi connectivity index (χ0) is 15.5. The van der Waals surface area contributed by atoms with Crippen LogP contribution in [-0.2, 0) is 16.6 Å². The first kappa shape index (κ1) is 16.6. The second-order valence-electron chi connectivity index (χ2n) is 4.32. The highest BCUT2D eigenvalue weighted by Gasteiger charge is 2.17. The van der Waals surface area contributed by atoms with Crippen molar-refractivity contribution in [2.45, 2.75) is 17.7 Å². The fourth-order valence-corrected chi connectivity index (χ4v) is 4.45. The van der Waals surface area contributed by atoms with Gasteiger partial charge in [-0.2, -0.15) is 0 Å². The highest BCUT2D eigenvalue weighted by atomic mass is 35.5. The molecular weight excluding hydrogens is 351 g/mol. The first-order valence-electron chi connectivity index (χ1n) is 6.18. The fraction of sp³-hybridized carbons (Fsp3) is 0.231. The largest absolute Gasteiger partial charge is 0.313 e. The summed E-state index contributed by atoms with van der Waals surface area (Å²) < 4.78 is 27.3. The van der Waals surface area contributed by atoms with Crippen molar-refractivity contribution >= 4 is 50.2 Å². The molecule has 0 saturated carbocycles. The molecule has 0 atom stereocenters. The van der Waals surface area contributed by atoms with E-state index >= 15 is 0 Å². The van der Waals surface area contributed by atoms with Crippen LogP contribution in [0.2, 0.25) is 10.0 Å². The third-order valence-corrected chi connectivity index (χ3v) is 5.89. The molecule has 0 unspecified atom stereocenters. The van der Waals surface area contributed by atoms with Crippen LogP contribution in [-0.4, -0.2) is 15.0 Å². The maximum Gasteiger partial charge on any atom is 0.271 e. The summed E-state index contributed by atoms with van der Waals surface area (Å²) in [5, 5.41) is 5.72. The summed E-state index contributed by atoms with van der Waals surface area (Å²) in [5.41, 5.74) is 1.28. The molecule has 1 heterocycles. The Kier molecular flexibility index (Phi) is 5.51. The van der Waals surface area contributed by atoms with Crippen LogP contribution in [0.3, 0.4) is 0 Å². The van der Waals surface area contributed by atoms with Crippen LogP contribution in [0.4, 0.5) is 5.69 Å². The van der Waals surface area contributed by atoms with Gasteiger partial charge < -0.3 is 5.32 Å². The summed E-state index contributed by atoms with van der Waals surface area (Å²) in [6, 6.07) is 6.22. The number of sulfonamides is 1. The Morgan fingerprint density at radius 3 is 2.43 bits per heavy atom. The third kappa shape index (κ3) is 4.59. The van der Waals surface area contributed by atoms with Crippen molar-refractivity contribution < 1.29 is 8.42 Å². The molecule has 0 radical (unpaired) electrons. The third-order valence-electron chi connectivity index (χ3n) is 2.59. The zero-order valence-electron chi connectivity index (χ0n) is 11.2. The van der Waals surface area contributed by atoms with Crippen LogP contribution in [0.15, 0.2) is 33.9 Å². The summed E-state index contributed by atoms with van der Waals surface area (Å²) >= 11 is 12.9. The molecule has 21 heavy (non-hydrogen) atoms. The lowest BCUT2D eigenvalue weighted by molar-refractivity contribution is 0.603. The van der Waals surface area contributed by atoms with Crippen molar-refractivity contribution in [3.63, 3.8) is 0 Å². The minimum atomic E-state index is -3.63. The molecule has 0 amide bonds. The topological polar surface area (TPSA) is 58.2 Å². The van der Waals surface area contributed by atoms with E-state index < -0.39 is 10.0 Å². The number of anilines is 1. The summed E-state index contributed by atoms with van der Waals surface area (Å²) in [5.74, 6) is 0. The van der Waals surface area contributed by atoms with Crippen molar-refractivity contribution in [1.29, 1.82) is 0 Å². The van der Waals surface area contributed by atoms with Crippen LogP contribution in [0.5, 0.6) is 0 Å². The van der Waals surface area contributed by atoms with Gasteiger partial charge in [0.05, 0.1) is 5.69 Å². The van der Waals surface area contributed by atoms with Crippen LogP contribution in [0.1, 0.15) is 12.5 Å². The molecule has 114 valence electrons. The summed E-state index contributed by atoms with van der Waals surface area (Å²) in [7, 11) is -3.63. The molecular formula is C13H14Cl2N2O2S2. The highest BCUT2D eigenvalue weighted by Crippen LogP contribution is 2.27. The molecule has 4 nitrogen and oxygen atoms in total. The van der Waals surface area contributed by atoms with Crippen molar-refractivity contribution in [3.05, 3.63) is 45.3 Å². The number of rotatable bonds is 6. The SMILES string of the molecule is CCNCc1csc(S(=O)(=O)Nc2cc(Cl)cc(Cl)c2)c1. The van der Waals surface area contributed by atoms with E-state index in [2.05, 4.69) is 10.0 Å². The molecule has 0 spiro atoms. The molecule has 8 heteroatoms. The summed E-state index contributed by atoms with van der Waals surface area (Å²) in [6.07, 6.45) is 0. The summed E-state index contributed by atoms with van der Waals surface area (Å²) in [4.78, 5) is 0. The number of hydrogen-bond acceptors (Lipinski definition) is 4. The molecule has 0 aliphatic carbocycles. The van der Waals surface area contributed by atoms with Gasteiger partial charge in [0, 0.05) is 16.6 Å². The number of thiophene rings is 1. The molecule has 1 aromatic carbocycles. The van der Waals surface area contributed by atoms with Gasteiger partial charge in [0.25, 0.3) is 10.0 Å². The van der Waals surface area contributed by atoms with E-state index in [1.165, 1.54) is 23.5 Å². The lowest BCUT2D eigenvalue weighted by Crippen LogP contribution is -2.12. The second-order valence-corrected chi connectivity index (χ2v) is 8.01. The number of hydrogen-bond donors (Lipinski definition) is 2. The van der Waals surface area contributed by atoms with Gasteiger partial charge in [-0.25, -0.2) is 8.42 Å². The van der Waals surface area contributed by atoms with Gasteiger partial charge in [-0.1, -0.05) is 30.1 Å². The van der Waals surface area contributed by atoms with Gasteiger partial charge >= 0.3 is 0 Å². The van der Waals surface area contributed by atoms with Gasteiger partial charge in [-0.3, -0.25) is 4.72 Å². The van der Waals surface area contributed by atoms with Gasteiger partial charge in [0.2, 0.25) is 0 Å². The quantitative estimate of drug-likeness (QED) is 0.815. The van der Waals surface area contributed by atoms with E-state index in [1.54, 1.807) is 12.1 Å². The standard InChI is InChI=1S/C13H14Cl2N2O2S2/c1-2-16-7-9-3-13(20-8-9)21(18,19)17-12-5-10(14)4-11(15)6-12/h3-6,8,16-17H,2,7H2,1H3. The van der Waals surface area contributed by atoms with Gasteiger partial charge in [0.1, 0.15) is 4.21 Å². The average Bonchev–Trinajstić information content (AvgIpc) is 2.84. The molecule has 0 aliphatic heterocycles. The number of nitrogens with one attached hydrogen (secondary N) is 2. The van der Waals surface area contributed by atoms with Crippen molar-refractivity contribution in [1.82, 2.24) is 5.32 Å². The highest BCUT2D eigenvalue weighted by molar-refractivity contribution is 7.94. The van der Waals surface area contributed by atoms with Crippen molar-refractivity contribution in [2.75, 3.05) is 11.3 Å². The molecule has 2 aromatic rings. The molecule has 0 aliphatic rings. The predicted molar refractivity (Wildman–Crippen MR) is 89.0 cm³/mol. The lowest BCUT2D eigenvalue weighted by Gasteiger charge is -2.07. The van der Waals surface area contributed by atoms with Crippen LogP contribution >= 0.6 is 34.5 Å². The molecule has 0 fully saturated rings. The van der Waals surface area contributed by atoms with Gasteiger partial charge in [0.15, 0.2) is 0 Å². The maximum absolute atomic E-state index is 12.3. The summed E-state index contributed by atoms with van der Waals surface area (Å²) in [6.45, 7) is 3.47. The van der Waals surface area contributed by atoms with E-state index in [4.69, 9.17) is 23.2 Å². The van der Waals surface area contributed by atoms with E-state index in [0.29, 0.717) is 22.3 Å². The Morgan fingerprint density at radius 2 is 1.81 bits per heavy atom. The van der Waals surface area contributed by atoms with E-state index in [-0.39, 0.29) is 4.21 Å². The Hall–Kier alpha value is -0.790. The molecule has 1 aromatic heterocycles. The monoisotopic (exact) mass is 364 g/mol. The Balaban J connectivity index is 2.19. The van der Waals surface area contributed by atoms with Crippen LogP contribution < -0.4 is 10.0 Å². The second kappa shape index (κ2) is 6.98. The van der Waals surface area contributed by atoms with Crippen molar-refractivity contribution in [3.8, 4) is 0 Å². The smallest absolute Gasteiger partial charge is 0.271 e. The van der Waals surface area contributed by atoms with Crippen LogP contribution in [0.25, 0.3) is 0 Å². The molecule has 2 rings (SSSR count). The normalized spacial score (nSPS) is 11.6. The van der Waals surface area contributed by atoms with Gasteiger partial charge in [-0.15, -0.1) is 11.3 Å². The van der Waals surface area contributed by atoms with Crippen LogP contribution in [0, 0.1) is 0 Å². The Morgan fingerprint density at radius 1 is 1.14 bits per heavy atom. The maximum atomic E-state index is 12.3. The van der Waals surface area contributed by atoms with E-state index in [0.717, 1.165) is 12.1 Å². The fourth-order valence-electron chi connectivity index (χ4n) is 1.67. The molecule has 0 saturated heterocycles. The molecule has 2 N–H and O–H groups in total. The first-order chi connectivity index (χ1) is 9.90. The van der Waals surface area contributed by atoms with E-state index in [9.17, 15) is 8.42 Å². The lowest BCUT2D eigenvalue weighted by atomic mass is 10.3. The number of halogens is 2. The zero-order valence-corrected chi connectivity index (χ0v) is 14.3. The minimum Gasteiger partial charge on any atom is -0.313 e. The Bertz CT molecular complexity index is 709. The Labute approximate surface area is 138 Å². The van der Waals surface area contributed by atoms with Gasteiger partial charge in [-0.05, 0) is 41.8 Å². The molecule has 0 bridgehead atoms.